The van der Waals surface area contributed by atoms with E-state index in [9.17, 15) is 9.59 Å². The highest BCUT2D eigenvalue weighted by Crippen LogP contribution is 2.28. The number of benzene rings is 2. The van der Waals surface area contributed by atoms with Crippen LogP contribution >= 0.6 is 0 Å². The number of hydrogen-bond donors (Lipinski definition) is 2. The quantitative estimate of drug-likeness (QED) is 0.658. The molecule has 2 amide bonds. The lowest BCUT2D eigenvalue weighted by atomic mass is 9.97. The van der Waals surface area contributed by atoms with Crippen molar-refractivity contribution >= 4 is 17.6 Å². The van der Waals surface area contributed by atoms with Crippen LogP contribution in [-0.2, 0) is 16.0 Å². The van der Waals surface area contributed by atoms with Crippen molar-refractivity contribution in [3.8, 4) is 16.9 Å². The number of hydrogen-bond acceptors (Lipinski definition) is 3. The van der Waals surface area contributed by atoms with Crippen LogP contribution in [0.15, 0.2) is 60.7 Å². The molecule has 0 radical (unpaired) electrons. The monoisotopic (exact) mass is 402 g/mol. The van der Waals surface area contributed by atoms with Crippen molar-refractivity contribution in [3.63, 3.8) is 0 Å². The maximum Gasteiger partial charge on any atom is 0.231 e. The van der Waals surface area contributed by atoms with Crippen LogP contribution in [0.3, 0.4) is 0 Å². The van der Waals surface area contributed by atoms with Crippen molar-refractivity contribution < 1.29 is 9.59 Å². The first-order valence-electron chi connectivity index (χ1n) is 10.4. The van der Waals surface area contributed by atoms with Crippen LogP contribution in [0.5, 0.6) is 0 Å². The molecule has 3 aromatic rings. The van der Waals surface area contributed by atoms with Crippen molar-refractivity contribution in [3.05, 3.63) is 66.2 Å². The van der Waals surface area contributed by atoms with Gasteiger partial charge in [0.05, 0.1) is 17.3 Å². The second kappa shape index (κ2) is 8.53. The number of amides is 2. The molecule has 0 bridgehead atoms. The summed E-state index contributed by atoms with van der Waals surface area (Å²) in [7, 11) is 0. The second-order valence-electron chi connectivity index (χ2n) is 7.74. The van der Waals surface area contributed by atoms with Crippen LogP contribution in [-0.4, -0.2) is 28.1 Å². The van der Waals surface area contributed by atoms with Gasteiger partial charge in [-0.2, -0.15) is 0 Å². The van der Waals surface area contributed by atoms with E-state index < -0.39 is 5.92 Å². The summed E-state index contributed by atoms with van der Waals surface area (Å²) in [6.07, 6.45) is 2.09. The molecule has 1 aliphatic heterocycles. The molecule has 6 nitrogen and oxygen atoms in total. The normalized spacial score (nSPS) is 18.3. The first kappa shape index (κ1) is 19.9. The third kappa shape index (κ3) is 3.99. The van der Waals surface area contributed by atoms with Crippen molar-refractivity contribution in [2.45, 2.75) is 26.7 Å². The van der Waals surface area contributed by atoms with E-state index >= 15 is 0 Å². The van der Waals surface area contributed by atoms with E-state index in [1.54, 1.807) is 6.92 Å². The van der Waals surface area contributed by atoms with E-state index in [0.717, 1.165) is 29.8 Å². The minimum Gasteiger partial charge on any atom is -0.355 e. The molecule has 2 N–H and O–H groups in total. The molecular formula is C24H26N4O2. The average molecular weight is 402 g/mol. The molecule has 30 heavy (non-hydrogen) atoms. The summed E-state index contributed by atoms with van der Waals surface area (Å²) >= 11 is 0. The van der Waals surface area contributed by atoms with Gasteiger partial charge in [0, 0.05) is 24.1 Å². The maximum absolute atomic E-state index is 12.8. The molecule has 2 atom stereocenters. The fourth-order valence-corrected chi connectivity index (χ4v) is 3.86. The van der Waals surface area contributed by atoms with Crippen molar-refractivity contribution in [1.29, 1.82) is 0 Å². The average Bonchev–Trinajstić information content (AvgIpc) is 3.33. The summed E-state index contributed by atoms with van der Waals surface area (Å²) < 4.78 is 1.85. The Morgan fingerprint density at radius 3 is 2.67 bits per heavy atom. The SMILES string of the molecule is CCCc1cccc(-c2cc(NC(=O)[C@H]3CNC(=O)C3C)nn2-c2ccccc2)c1. The van der Waals surface area contributed by atoms with Gasteiger partial charge in [-0.1, -0.05) is 56.7 Å². The molecule has 1 saturated heterocycles. The summed E-state index contributed by atoms with van der Waals surface area (Å²) in [6, 6.07) is 20.2. The Hall–Kier alpha value is -3.41. The first-order chi connectivity index (χ1) is 14.6. The maximum atomic E-state index is 12.8. The molecule has 1 fully saturated rings. The van der Waals surface area contributed by atoms with E-state index in [-0.39, 0.29) is 17.7 Å². The molecule has 1 aliphatic rings. The van der Waals surface area contributed by atoms with Crippen molar-refractivity contribution in [2.24, 2.45) is 11.8 Å². The van der Waals surface area contributed by atoms with Gasteiger partial charge >= 0.3 is 0 Å². The van der Waals surface area contributed by atoms with Gasteiger partial charge in [0.15, 0.2) is 5.82 Å². The molecule has 6 heteroatoms. The number of nitrogens with one attached hydrogen (secondary N) is 2. The van der Waals surface area contributed by atoms with Gasteiger partial charge < -0.3 is 10.6 Å². The highest BCUT2D eigenvalue weighted by atomic mass is 16.2. The fourth-order valence-electron chi connectivity index (χ4n) is 3.86. The molecule has 0 spiro atoms. The van der Waals surface area contributed by atoms with E-state index in [2.05, 4.69) is 46.9 Å². The molecule has 0 saturated carbocycles. The lowest BCUT2D eigenvalue weighted by Gasteiger charge is -2.11. The highest BCUT2D eigenvalue weighted by molar-refractivity contribution is 5.98. The van der Waals surface area contributed by atoms with Crippen LogP contribution in [0.2, 0.25) is 0 Å². The van der Waals surface area contributed by atoms with Gasteiger partial charge in [0.2, 0.25) is 11.8 Å². The Morgan fingerprint density at radius 1 is 1.17 bits per heavy atom. The van der Waals surface area contributed by atoms with Gasteiger partial charge in [-0.3, -0.25) is 9.59 Å². The summed E-state index contributed by atoms with van der Waals surface area (Å²) in [5.74, 6) is -0.531. The van der Waals surface area contributed by atoms with Crippen LogP contribution in [0.1, 0.15) is 25.8 Å². The number of carbonyl (C=O) groups excluding carboxylic acids is 2. The topological polar surface area (TPSA) is 76.0 Å². The molecular weight excluding hydrogens is 376 g/mol. The lowest BCUT2D eigenvalue weighted by Crippen LogP contribution is -2.28. The van der Waals surface area contributed by atoms with Crippen LogP contribution < -0.4 is 10.6 Å². The predicted octanol–water partition coefficient (Wildman–Crippen LogP) is 3.81. The summed E-state index contributed by atoms with van der Waals surface area (Å²) in [5.41, 5.74) is 4.14. The predicted molar refractivity (Wildman–Crippen MR) is 117 cm³/mol. The van der Waals surface area contributed by atoms with Gasteiger partial charge in [-0.05, 0) is 30.2 Å². The Bertz CT molecular complexity index is 1060. The van der Waals surface area contributed by atoms with Crippen LogP contribution in [0, 0.1) is 11.8 Å². The number of nitrogens with zero attached hydrogens (tertiary/aromatic N) is 2. The Labute approximate surface area is 176 Å². The Kier molecular flexibility index (Phi) is 5.65. The van der Waals surface area contributed by atoms with E-state index in [0.29, 0.717) is 12.4 Å². The number of aromatic nitrogens is 2. The Balaban J connectivity index is 1.69. The van der Waals surface area contributed by atoms with Crippen LogP contribution in [0.4, 0.5) is 5.82 Å². The number of carbonyl (C=O) groups is 2. The minimum absolute atomic E-state index is 0.0848. The van der Waals surface area contributed by atoms with Gasteiger partial charge in [0.1, 0.15) is 0 Å². The highest BCUT2D eigenvalue weighted by Gasteiger charge is 2.36. The van der Waals surface area contributed by atoms with Gasteiger partial charge in [0.25, 0.3) is 0 Å². The summed E-state index contributed by atoms with van der Waals surface area (Å²) in [4.78, 5) is 24.5. The molecule has 2 aromatic carbocycles. The molecule has 0 aliphatic carbocycles. The zero-order valence-corrected chi connectivity index (χ0v) is 17.3. The Morgan fingerprint density at radius 2 is 1.97 bits per heavy atom. The fraction of sp³-hybridized carbons (Fsp3) is 0.292. The first-order valence-corrected chi connectivity index (χ1v) is 10.4. The third-order valence-corrected chi connectivity index (χ3v) is 5.57. The van der Waals surface area contributed by atoms with Crippen molar-refractivity contribution in [2.75, 3.05) is 11.9 Å². The molecule has 154 valence electrons. The minimum atomic E-state index is -0.393. The van der Waals surface area contributed by atoms with Crippen molar-refractivity contribution in [1.82, 2.24) is 15.1 Å². The second-order valence-corrected chi connectivity index (χ2v) is 7.74. The molecule has 4 rings (SSSR count). The number of anilines is 1. The molecule has 2 heterocycles. The number of rotatable bonds is 6. The smallest absolute Gasteiger partial charge is 0.231 e. The molecule has 1 aromatic heterocycles. The standard InChI is InChI=1S/C24H26N4O2/c1-3-8-17-9-7-10-18(13-17)21-14-22(27-28(21)19-11-5-4-6-12-19)26-24(30)20-15-25-23(29)16(20)2/h4-7,9-14,16,20H,3,8,15H2,1-2H3,(H,25,29)(H,26,27,30)/t16?,20-/m0/s1. The number of aryl methyl sites for hydroxylation is 1. The van der Waals surface area contributed by atoms with E-state index in [1.165, 1.54) is 5.56 Å². The number of para-hydroxylation sites is 1. The zero-order chi connectivity index (χ0) is 21.1. The third-order valence-electron chi connectivity index (χ3n) is 5.57. The zero-order valence-electron chi connectivity index (χ0n) is 17.3. The lowest BCUT2D eigenvalue weighted by molar-refractivity contribution is -0.126. The largest absolute Gasteiger partial charge is 0.355 e. The summed E-state index contributed by atoms with van der Waals surface area (Å²) in [6.45, 7) is 4.30. The van der Waals surface area contributed by atoms with E-state index in [1.807, 2.05) is 41.1 Å². The van der Waals surface area contributed by atoms with Gasteiger partial charge in [-0.15, -0.1) is 5.10 Å². The molecule has 1 unspecified atom stereocenters. The van der Waals surface area contributed by atoms with Gasteiger partial charge in [-0.25, -0.2) is 4.68 Å². The van der Waals surface area contributed by atoms with Crippen LogP contribution in [0.25, 0.3) is 16.9 Å². The summed E-state index contributed by atoms with van der Waals surface area (Å²) in [5, 5.41) is 10.3. The van der Waals surface area contributed by atoms with E-state index in [4.69, 9.17) is 0 Å².